The Kier molecular flexibility index (Phi) is 17.2. The minimum absolute atomic E-state index is 0.0220. The molecule has 26 nitrogen and oxygen atoms in total. The number of benzene rings is 4. The van der Waals surface area contributed by atoms with E-state index in [1.807, 2.05) is 0 Å². The molecule has 32 heteroatoms. The van der Waals surface area contributed by atoms with E-state index in [2.05, 4.69) is 74.2 Å². The SMILES string of the molecule is Nc1c(N=Nc2ccc(S(=O)(=O)CCOSOOO)cc2)cc(S(=O)(=O)O)c(N)c1N=Nc1cc(Nc2nc(Cl)nc(Nc3ccc(SOOO)cc3)n2)ccc1SOOO. The summed E-state index contributed by atoms with van der Waals surface area (Å²) in [6.45, 7) is -0.314. The number of sulfone groups is 1. The van der Waals surface area contributed by atoms with E-state index in [0.717, 1.165) is 18.1 Å². The van der Waals surface area contributed by atoms with Gasteiger partial charge in [0.05, 0.1) is 63.3 Å². The summed E-state index contributed by atoms with van der Waals surface area (Å²) in [5, 5.41) is 57.7. The third kappa shape index (κ3) is 13.8. The first-order chi connectivity index (χ1) is 29.2. The van der Waals surface area contributed by atoms with Crippen LogP contribution < -0.4 is 22.1 Å². The Morgan fingerprint density at radius 2 is 1.33 bits per heavy atom. The number of hydrogen-bond acceptors (Lipinski definition) is 28. The van der Waals surface area contributed by atoms with Crippen LogP contribution in [0.25, 0.3) is 0 Å². The molecule has 4 aromatic carbocycles. The van der Waals surface area contributed by atoms with Crippen molar-refractivity contribution in [2.45, 2.75) is 19.6 Å². The molecule has 0 radical (unpaired) electrons. The molecule has 0 aliphatic heterocycles. The molecule has 1 aromatic heterocycles. The van der Waals surface area contributed by atoms with Crippen molar-refractivity contribution in [1.82, 2.24) is 15.0 Å². The number of anilines is 6. The van der Waals surface area contributed by atoms with Crippen molar-refractivity contribution in [1.29, 1.82) is 0 Å². The zero-order chi connectivity index (χ0) is 44.0. The summed E-state index contributed by atoms with van der Waals surface area (Å²) < 4.78 is 77.6. The third-order valence-corrected chi connectivity index (χ3v) is 11.5. The molecule has 0 aliphatic rings. The second-order valence-corrected chi connectivity index (χ2v) is 16.8. The molecule has 0 saturated carbocycles. The maximum absolute atomic E-state index is 12.6. The Hall–Kier alpha value is -4.91. The number of halogens is 1. The summed E-state index contributed by atoms with van der Waals surface area (Å²) in [5.41, 5.74) is 11.5. The Morgan fingerprint density at radius 1 is 0.705 bits per heavy atom. The van der Waals surface area contributed by atoms with Gasteiger partial charge in [0.1, 0.15) is 22.0 Å². The van der Waals surface area contributed by atoms with Gasteiger partial charge in [-0.25, -0.2) is 24.2 Å². The van der Waals surface area contributed by atoms with E-state index in [-0.39, 0.29) is 74.3 Å². The summed E-state index contributed by atoms with van der Waals surface area (Å²) in [6.07, 6.45) is 0. The first-order valence-electron chi connectivity index (χ1n) is 15.8. The van der Waals surface area contributed by atoms with E-state index >= 15 is 0 Å². The van der Waals surface area contributed by atoms with E-state index in [0.29, 0.717) is 22.6 Å². The molecule has 324 valence electrons. The first-order valence-corrected chi connectivity index (χ1v) is 21.4. The minimum Gasteiger partial charge on any atom is -0.396 e. The Labute approximate surface area is 360 Å². The fourth-order valence-corrected chi connectivity index (χ4v) is 7.47. The standard InChI is InChI=1S/C29H26ClN11O15S5/c30-27-35-28(33-15-1-6-18(7-2-15)57-54-51-42)37-29(36-27)34-17-5-10-22(58-55-52-43)20(13-17)39-41-26-24(31)21(14-23(25(26)32)61(47,48)49)40-38-16-3-8-19(9-4-16)60(45,46)12-11-50-59-56-53-44/h1-10,13-14,42-44H,11-12,31-32H2,(H,47,48,49)(H2,33,34,35,36,37). The predicted octanol–water partition coefficient (Wildman–Crippen LogP) is 7.89. The topological polar surface area (TPSA) is 378 Å². The molecule has 0 spiro atoms. The molecule has 0 bridgehead atoms. The zero-order valence-electron chi connectivity index (χ0n) is 29.8. The third-order valence-electron chi connectivity index (χ3n) is 7.11. The number of hydrogen-bond donors (Lipinski definition) is 8. The molecule has 10 N–H and O–H groups in total. The van der Waals surface area contributed by atoms with Crippen LogP contribution in [-0.2, 0) is 52.3 Å². The van der Waals surface area contributed by atoms with Crippen molar-refractivity contribution >= 4 is 125 Å². The quantitative estimate of drug-likeness (QED) is 0.00621. The number of nitrogen functional groups attached to an aromatic ring is 2. The highest BCUT2D eigenvalue weighted by Crippen LogP contribution is 2.44. The van der Waals surface area contributed by atoms with Gasteiger partial charge in [-0.1, -0.05) is 15.1 Å². The molecule has 5 aromatic rings. The average Bonchev–Trinajstić information content (AvgIpc) is 3.22. The van der Waals surface area contributed by atoms with Crippen LogP contribution in [0.1, 0.15) is 0 Å². The largest absolute Gasteiger partial charge is 0.396 e. The zero-order valence-corrected chi connectivity index (χ0v) is 34.7. The number of aromatic nitrogens is 3. The normalized spacial score (nSPS) is 12.1. The lowest BCUT2D eigenvalue weighted by molar-refractivity contribution is -0.434. The van der Waals surface area contributed by atoms with E-state index < -0.39 is 42.0 Å². The lowest BCUT2D eigenvalue weighted by Crippen LogP contribution is -2.10. The van der Waals surface area contributed by atoms with Gasteiger partial charge >= 0.3 is 0 Å². The van der Waals surface area contributed by atoms with Gasteiger partial charge in [0, 0.05) is 16.3 Å². The van der Waals surface area contributed by atoms with Gasteiger partial charge in [-0.15, -0.1) is 28.3 Å². The van der Waals surface area contributed by atoms with Crippen molar-refractivity contribution in [2.24, 2.45) is 20.5 Å². The average molecular weight is 964 g/mol. The van der Waals surface area contributed by atoms with Crippen molar-refractivity contribution in [3.05, 3.63) is 78.1 Å². The van der Waals surface area contributed by atoms with Crippen LogP contribution in [0, 0.1) is 0 Å². The first kappa shape index (κ1) is 47.1. The predicted molar refractivity (Wildman–Crippen MR) is 216 cm³/mol. The van der Waals surface area contributed by atoms with Crippen LogP contribution in [0.15, 0.2) is 113 Å². The van der Waals surface area contributed by atoms with E-state index in [9.17, 15) is 21.4 Å². The number of rotatable bonds is 22. The molecule has 61 heavy (non-hydrogen) atoms. The number of nitrogens with one attached hydrogen (secondary N) is 2. The van der Waals surface area contributed by atoms with Gasteiger partial charge in [-0.2, -0.15) is 28.5 Å². The summed E-state index contributed by atoms with van der Waals surface area (Å²) in [6, 6.07) is 16.8. The molecule has 0 atom stereocenters. The van der Waals surface area contributed by atoms with Gasteiger partial charge in [0.25, 0.3) is 10.1 Å². The van der Waals surface area contributed by atoms with Gasteiger partial charge in [-0.05, 0) is 84.4 Å². The maximum atomic E-state index is 12.6. The van der Waals surface area contributed by atoms with E-state index in [4.69, 9.17) is 43.0 Å². The summed E-state index contributed by atoms with van der Waals surface area (Å²) in [7, 11) is -8.84. The maximum Gasteiger partial charge on any atom is 0.296 e. The highest BCUT2D eigenvalue weighted by molar-refractivity contribution is 7.95. The molecule has 0 amide bonds. The minimum atomic E-state index is -5.01. The fourth-order valence-electron chi connectivity index (χ4n) is 4.49. The van der Waals surface area contributed by atoms with Crippen LogP contribution in [0.3, 0.4) is 0 Å². The van der Waals surface area contributed by atoms with Crippen LogP contribution in [0.5, 0.6) is 0 Å². The highest BCUT2D eigenvalue weighted by atomic mass is 35.5. The van der Waals surface area contributed by atoms with Gasteiger partial charge in [0.2, 0.25) is 17.2 Å². The Balaban J connectivity index is 1.41. The van der Waals surface area contributed by atoms with Gasteiger partial charge < -0.3 is 22.1 Å². The molecule has 0 aliphatic carbocycles. The molecule has 0 saturated heterocycles. The lowest BCUT2D eigenvalue weighted by Gasteiger charge is -2.11. The molecule has 1 heterocycles. The number of azo groups is 2. The van der Waals surface area contributed by atoms with Crippen LogP contribution in [-0.4, -0.2) is 64.5 Å². The second kappa shape index (κ2) is 22.3. The van der Waals surface area contributed by atoms with Crippen molar-refractivity contribution in [2.75, 3.05) is 34.5 Å². The van der Waals surface area contributed by atoms with Crippen LogP contribution >= 0.6 is 48.0 Å². The van der Waals surface area contributed by atoms with Gasteiger partial charge in [-0.3, -0.25) is 8.74 Å². The molecular weight excluding hydrogens is 938 g/mol. The molecule has 5 rings (SSSR count). The molecule has 0 fully saturated rings. The lowest BCUT2D eigenvalue weighted by atomic mass is 10.2. The van der Waals surface area contributed by atoms with E-state index in [1.165, 1.54) is 42.5 Å². The molecular formula is C29H26ClN11O15S5. The summed E-state index contributed by atoms with van der Waals surface area (Å²) >= 11 is 7.64. The van der Waals surface area contributed by atoms with E-state index in [1.54, 1.807) is 24.3 Å². The van der Waals surface area contributed by atoms with Crippen LogP contribution in [0.2, 0.25) is 5.28 Å². The monoisotopic (exact) mass is 963 g/mol. The summed E-state index contributed by atoms with van der Waals surface area (Å²) in [4.78, 5) is 12.3. The summed E-state index contributed by atoms with van der Waals surface area (Å²) in [5.74, 6) is -0.449. The number of nitrogens with zero attached hydrogens (tertiary/aromatic N) is 7. The van der Waals surface area contributed by atoms with Crippen molar-refractivity contribution in [3.8, 4) is 0 Å². The van der Waals surface area contributed by atoms with Crippen molar-refractivity contribution < 1.29 is 69.5 Å². The fraction of sp³-hybridized carbons (Fsp3) is 0.0690. The Bertz CT molecular complexity index is 2590. The smallest absolute Gasteiger partial charge is 0.296 e. The van der Waals surface area contributed by atoms with Crippen LogP contribution in [0.4, 0.5) is 57.4 Å². The van der Waals surface area contributed by atoms with Crippen molar-refractivity contribution in [3.63, 3.8) is 0 Å². The molecule has 0 unspecified atom stereocenters. The second-order valence-electron chi connectivity index (χ2n) is 11.0. The number of nitrogens with two attached hydrogens (primary N) is 2. The Morgan fingerprint density at radius 3 is 1.98 bits per heavy atom. The van der Waals surface area contributed by atoms with Gasteiger partial charge in [0.15, 0.2) is 22.2 Å². The highest BCUT2D eigenvalue weighted by Gasteiger charge is 2.23.